The highest BCUT2D eigenvalue weighted by molar-refractivity contribution is 5.94. The third-order valence-electron chi connectivity index (χ3n) is 6.02. The second kappa shape index (κ2) is 18.6. The Morgan fingerprint density at radius 1 is 0.353 bits per heavy atom. The molecule has 0 aliphatic heterocycles. The summed E-state index contributed by atoms with van der Waals surface area (Å²) in [4.78, 5) is 108. The number of carbonyl (C=O) groups is 7. The van der Waals surface area contributed by atoms with Crippen molar-refractivity contribution < 1.29 is 93.1 Å². The molecule has 0 bridgehead atoms. The van der Waals surface area contributed by atoms with Crippen molar-refractivity contribution in [1.29, 1.82) is 0 Å². The summed E-state index contributed by atoms with van der Waals surface area (Å²) in [7, 11) is 0. The molecule has 0 spiro atoms. The van der Waals surface area contributed by atoms with Crippen molar-refractivity contribution in [2.24, 2.45) is 0 Å². The van der Waals surface area contributed by atoms with Gasteiger partial charge in [-0.15, -0.1) is 0 Å². The topological polar surface area (TPSA) is 230 Å². The largest absolute Gasteiger partial charge is 0.376 e. The number of hydrogen-bond donors (Lipinski definition) is 0. The van der Waals surface area contributed by atoms with Crippen LogP contribution in [-0.4, -0.2) is 42.1 Å². The minimum Gasteiger partial charge on any atom is -0.298 e. The van der Waals surface area contributed by atoms with Crippen molar-refractivity contribution in [2.75, 3.05) is 0 Å². The molecule has 0 saturated carbocycles. The van der Waals surface area contributed by atoms with Crippen LogP contribution in [0.1, 0.15) is 78.1 Å². The fraction of sp³-hybridized carbons (Fsp3) is 0.0312. The zero-order chi connectivity index (χ0) is 36.6. The standard InChI is InChI=1S/C32H20O19/c1-19-2-6-21(7-3-19)27(34)40-46-48-42-29(36)23-10-14-25(15-11-23)31(38)44-50-51-45-32(39)26-16-12-24(13-17-26)30(37)43-49-47-41-28(35)22-8-4-20(18-33)5-9-22/h2-18H,1H3. The lowest BCUT2D eigenvalue weighted by molar-refractivity contribution is -0.595. The van der Waals surface area contributed by atoms with Crippen molar-refractivity contribution in [2.45, 2.75) is 6.92 Å². The predicted octanol–water partition coefficient (Wildman–Crippen LogP) is 4.18. The summed E-state index contributed by atoms with van der Waals surface area (Å²) < 4.78 is 0. The molecule has 0 aromatic heterocycles. The number of rotatable bonds is 16. The molecular formula is C32H20O19. The maximum absolute atomic E-state index is 12.1. The van der Waals surface area contributed by atoms with Gasteiger partial charge in [-0.2, -0.15) is 0 Å². The van der Waals surface area contributed by atoms with Gasteiger partial charge in [0.25, 0.3) is 0 Å². The molecule has 19 nitrogen and oxygen atoms in total. The molecule has 4 aromatic carbocycles. The zero-order valence-corrected chi connectivity index (χ0v) is 25.6. The van der Waals surface area contributed by atoms with Crippen molar-refractivity contribution in [3.63, 3.8) is 0 Å². The molecule has 51 heavy (non-hydrogen) atoms. The van der Waals surface area contributed by atoms with E-state index in [1.54, 1.807) is 12.1 Å². The summed E-state index contributed by atoms with van der Waals surface area (Å²) >= 11 is 0. The number of hydrogen-bond acceptors (Lipinski definition) is 19. The quantitative estimate of drug-likeness (QED) is 0.0687. The first kappa shape index (κ1) is 37.0. The molecule has 0 aliphatic rings. The third kappa shape index (κ3) is 11.4. The van der Waals surface area contributed by atoms with Crippen LogP contribution in [0.5, 0.6) is 0 Å². The van der Waals surface area contributed by atoms with Crippen LogP contribution in [0.15, 0.2) is 97.1 Å². The average molecular weight is 708 g/mol. The third-order valence-corrected chi connectivity index (χ3v) is 6.02. The first-order chi connectivity index (χ1) is 24.6. The Hall–Kier alpha value is -6.87. The lowest BCUT2D eigenvalue weighted by Gasteiger charge is -2.05. The minimum absolute atomic E-state index is 0.0130. The van der Waals surface area contributed by atoms with Gasteiger partial charge in [-0.1, -0.05) is 29.8 Å². The van der Waals surface area contributed by atoms with Gasteiger partial charge in [0.15, 0.2) is 0 Å². The van der Waals surface area contributed by atoms with Gasteiger partial charge in [0.05, 0.1) is 33.4 Å². The van der Waals surface area contributed by atoms with Crippen molar-refractivity contribution in [1.82, 2.24) is 0 Å². The Labute approximate surface area is 283 Å². The molecule has 4 aromatic rings. The normalized spacial score (nSPS) is 10.3. The van der Waals surface area contributed by atoms with Crippen LogP contribution in [0.4, 0.5) is 0 Å². The molecular weight excluding hydrogens is 688 g/mol. The maximum Gasteiger partial charge on any atom is 0.376 e. The van der Waals surface area contributed by atoms with Crippen LogP contribution in [0, 0.1) is 6.92 Å². The molecule has 0 unspecified atom stereocenters. The van der Waals surface area contributed by atoms with Crippen LogP contribution >= 0.6 is 0 Å². The predicted molar refractivity (Wildman–Crippen MR) is 155 cm³/mol. The van der Waals surface area contributed by atoms with Crippen molar-refractivity contribution >= 4 is 42.1 Å². The van der Waals surface area contributed by atoms with Gasteiger partial charge in [-0.05, 0) is 79.7 Å². The second-order valence-electron chi connectivity index (χ2n) is 9.39. The van der Waals surface area contributed by atoms with E-state index in [1.807, 2.05) is 6.92 Å². The lowest BCUT2D eigenvalue weighted by atomic mass is 10.1. The Morgan fingerprint density at radius 3 is 0.765 bits per heavy atom. The van der Waals surface area contributed by atoms with Gasteiger partial charge in [-0.3, -0.25) is 34.1 Å². The van der Waals surface area contributed by atoms with Crippen molar-refractivity contribution in [3.8, 4) is 0 Å². The van der Waals surface area contributed by atoms with E-state index in [4.69, 9.17) is 0 Å². The van der Waals surface area contributed by atoms with Crippen LogP contribution in [-0.2, 0) is 59.6 Å². The van der Waals surface area contributed by atoms with Crippen LogP contribution in [0.25, 0.3) is 0 Å². The van der Waals surface area contributed by atoms with Gasteiger partial charge >= 0.3 is 35.8 Å². The fourth-order valence-corrected chi connectivity index (χ4v) is 3.43. The molecule has 4 rings (SSSR count). The maximum atomic E-state index is 12.1. The van der Waals surface area contributed by atoms with Gasteiger partial charge in [0.2, 0.25) is 0 Å². The highest BCUT2D eigenvalue weighted by atomic mass is 17.7. The number of benzene rings is 4. The average Bonchev–Trinajstić information content (AvgIpc) is 3.16. The zero-order valence-electron chi connectivity index (χ0n) is 25.6. The monoisotopic (exact) mass is 708 g/mol. The second-order valence-corrected chi connectivity index (χ2v) is 9.39. The smallest absolute Gasteiger partial charge is 0.298 e. The summed E-state index contributed by atoms with van der Waals surface area (Å²) in [5.41, 5.74) is 0.842. The Morgan fingerprint density at radius 2 is 0.549 bits per heavy atom. The minimum atomic E-state index is -1.14. The Balaban J connectivity index is 1.09. The highest BCUT2D eigenvalue weighted by Crippen LogP contribution is 2.12. The van der Waals surface area contributed by atoms with Gasteiger partial charge in [0, 0.05) is 35.8 Å². The molecule has 0 radical (unpaired) electrons. The van der Waals surface area contributed by atoms with Crippen LogP contribution in [0.2, 0.25) is 0 Å². The van der Waals surface area contributed by atoms with E-state index < -0.39 is 35.8 Å². The Kier molecular flexibility index (Phi) is 13.5. The first-order valence-corrected chi connectivity index (χ1v) is 13.8. The van der Waals surface area contributed by atoms with E-state index in [1.165, 1.54) is 36.4 Å². The van der Waals surface area contributed by atoms with E-state index in [0.29, 0.717) is 11.8 Å². The first-order valence-electron chi connectivity index (χ1n) is 13.8. The van der Waals surface area contributed by atoms with Gasteiger partial charge in [-0.25, -0.2) is 28.8 Å². The summed E-state index contributed by atoms with van der Waals surface area (Å²) in [6.45, 7) is 1.82. The Bertz CT molecular complexity index is 1850. The SMILES string of the molecule is Cc1ccc(C(=O)OOOOC(=O)c2ccc(C(=O)OOOOC(=O)c3ccc(C(=O)OOOOC(=O)c4ccc(C=O)cc4)cc3)cc2)cc1. The van der Waals surface area contributed by atoms with E-state index in [0.717, 1.165) is 54.1 Å². The van der Waals surface area contributed by atoms with Gasteiger partial charge < -0.3 is 0 Å². The molecule has 0 atom stereocenters. The molecule has 0 fully saturated rings. The molecule has 19 heteroatoms. The van der Waals surface area contributed by atoms with Gasteiger partial charge in [0.1, 0.15) is 6.29 Å². The van der Waals surface area contributed by atoms with E-state index in [9.17, 15) is 33.6 Å². The molecule has 0 N–H and O–H groups in total. The lowest BCUT2D eigenvalue weighted by Crippen LogP contribution is -2.12. The molecule has 0 aliphatic carbocycles. The highest BCUT2D eigenvalue weighted by Gasteiger charge is 2.17. The molecule has 0 amide bonds. The molecule has 0 heterocycles. The van der Waals surface area contributed by atoms with E-state index in [-0.39, 0.29) is 33.4 Å². The van der Waals surface area contributed by atoms with Crippen LogP contribution in [0.3, 0.4) is 0 Å². The van der Waals surface area contributed by atoms with Crippen LogP contribution < -0.4 is 0 Å². The van der Waals surface area contributed by atoms with E-state index in [2.05, 4.69) is 59.6 Å². The van der Waals surface area contributed by atoms with Crippen molar-refractivity contribution in [3.05, 3.63) is 142 Å². The molecule has 0 saturated heterocycles. The fourth-order valence-electron chi connectivity index (χ4n) is 3.43. The summed E-state index contributed by atoms with van der Waals surface area (Å²) in [5, 5.41) is 24.6. The van der Waals surface area contributed by atoms with E-state index >= 15 is 0 Å². The number of carbonyl (C=O) groups excluding carboxylic acids is 7. The summed E-state index contributed by atoms with van der Waals surface area (Å²) in [6.07, 6.45) is 0.578. The number of aryl methyl sites for hydroxylation is 1. The molecule has 262 valence electrons. The summed E-state index contributed by atoms with van der Waals surface area (Å²) in [5.74, 6) is -6.39. The summed E-state index contributed by atoms with van der Waals surface area (Å²) in [6, 6.07) is 20.6. The number of aldehydes is 1.